The molecule has 0 aliphatic heterocycles. The van der Waals surface area contributed by atoms with E-state index in [1.54, 1.807) is 0 Å². The predicted molar refractivity (Wildman–Crippen MR) is 118 cm³/mol. The maximum Gasteiger partial charge on any atom is -0.00139 e. The van der Waals surface area contributed by atoms with Crippen molar-refractivity contribution in [1.82, 2.24) is 0 Å². The number of hydrogen-bond acceptors (Lipinski definition) is 0. The van der Waals surface area contributed by atoms with E-state index in [0.717, 1.165) is 0 Å². The molecule has 0 heteroatoms. The average Bonchev–Trinajstić information content (AvgIpc) is 3.32. The highest BCUT2D eigenvalue weighted by Gasteiger charge is 2.17. The fourth-order valence-corrected chi connectivity index (χ4v) is 5.80. The number of benzene rings is 6. The van der Waals surface area contributed by atoms with E-state index < -0.39 is 0 Å². The summed E-state index contributed by atoms with van der Waals surface area (Å²) in [5.74, 6) is 0. The van der Waals surface area contributed by atoms with Gasteiger partial charge in [-0.25, -0.2) is 0 Å². The van der Waals surface area contributed by atoms with Gasteiger partial charge in [0.2, 0.25) is 0 Å². The zero-order valence-electron chi connectivity index (χ0n) is 15.1. The molecule has 126 valence electrons. The monoisotopic (exact) mass is 350 g/mol. The van der Waals surface area contributed by atoms with Crippen molar-refractivity contribution < 1.29 is 0 Å². The first-order valence-electron chi connectivity index (χ1n) is 9.88. The summed E-state index contributed by atoms with van der Waals surface area (Å²) in [4.78, 5) is 0. The van der Waals surface area contributed by atoms with Gasteiger partial charge in [0.25, 0.3) is 0 Å². The van der Waals surface area contributed by atoms with Crippen molar-refractivity contribution in [2.45, 2.75) is 0 Å². The Morgan fingerprint density at radius 1 is 0.321 bits per heavy atom. The largest absolute Gasteiger partial charge is 0.0616 e. The molecule has 0 aromatic heterocycles. The molecular weight excluding hydrogens is 336 g/mol. The first-order valence-corrected chi connectivity index (χ1v) is 9.88. The smallest absolute Gasteiger partial charge is 0.00139 e. The standard InChI is InChI=1S/C28H14/c1-2-4-18-17(3-1)19-11-13-23-21-9-7-15-5-6-16-8-10-22(26(21)25(15)16)24-14-12-20(18)27(19)28(23)24/h1-14H. The first kappa shape index (κ1) is 13.5. The van der Waals surface area contributed by atoms with E-state index in [-0.39, 0.29) is 0 Å². The summed E-state index contributed by atoms with van der Waals surface area (Å²) in [7, 11) is 0. The van der Waals surface area contributed by atoms with Crippen LogP contribution in [0.1, 0.15) is 0 Å². The second kappa shape index (κ2) is 4.26. The van der Waals surface area contributed by atoms with Gasteiger partial charge in [-0.05, 0) is 74.4 Å². The molecule has 0 atom stereocenters. The summed E-state index contributed by atoms with van der Waals surface area (Å²) in [6.07, 6.45) is 4.50. The lowest BCUT2D eigenvalue weighted by Gasteiger charge is -2.14. The van der Waals surface area contributed by atoms with Gasteiger partial charge in [0.05, 0.1) is 0 Å². The number of fused-ring (bicyclic) bond motifs is 3. The summed E-state index contributed by atoms with van der Waals surface area (Å²) in [5, 5.41) is 19.4. The molecule has 0 saturated heterocycles. The van der Waals surface area contributed by atoms with E-state index in [0.29, 0.717) is 0 Å². The maximum absolute atomic E-state index is 2.35. The minimum absolute atomic E-state index is 1.35. The van der Waals surface area contributed by atoms with Gasteiger partial charge in [-0.3, -0.25) is 0 Å². The van der Waals surface area contributed by atoms with Gasteiger partial charge >= 0.3 is 0 Å². The summed E-state index contributed by atoms with van der Waals surface area (Å²) >= 11 is 0. The van der Waals surface area contributed by atoms with Crippen LogP contribution < -0.4 is 10.4 Å². The Balaban J connectivity index is 1.85. The van der Waals surface area contributed by atoms with Gasteiger partial charge in [0.15, 0.2) is 0 Å². The molecule has 8 rings (SSSR count). The van der Waals surface area contributed by atoms with Gasteiger partial charge in [0, 0.05) is 0 Å². The molecule has 0 amide bonds. The minimum Gasteiger partial charge on any atom is -0.0616 e. The van der Waals surface area contributed by atoms with Crippen LogP contribution in [0.2, 0.25) is 0 Å². The molecule has 0 heterocycles. The van der Waals surface area contributed by atoms with Crippen molar-refractivity contribution in [3.63, 3.8) is 0 Å². The molecule has 6 aromatic carbocycles. The van der Waals surface area contributed by atoms with E-state index in [1.807, 2.05) is 0 Å². The molecule has 0 fully saturated rings. The van der Waals surface area contributed by atoms with Crippen LogP contribution in [-0.4, -0.2) is 0 Å². The molecule has 0 saturated carbocycles. The molecule has 0 unspecified atom stereocenters. The van der Waals surface area contributed by atoms with Crippen LogP contribution in [0.3, 0.4) is 0 Å². The molecule has 6 aromatic rings. The number of hydrogen-bond donors (Lipinski definition) is 0. The number of rotatable bonds is 0. The van der Waals surface area contributed by atoms with Crippen LogP contribution >= 0.6 is 0 Å². The third kappa shape index (κ3) is 1.31. The Bertz CT molecular complexity index is 1870. The fourth-order valence-electron chi connectivity index (χ4n) is 5.80. The predicted octanol–water partition coefficient (Wildman–Crippen LogP) is 5.20. The molecule has 2 aliphatic carbocycles. The molecule has 0 bridgehead atoms. The van der Waals surface area contributed by atoms with Crippen molar-refractivity contribution in [2.24, 2.45) is 0 Å². The normalized spacial score (nSPS) is 13.6. The topological polar surface area (TPSA) is 0 Å². The highest BCUT2D eigenvalue weighted by molar-refractivity contribution is 6.33. The molecule has 0 N–H and O–H groups in total. The van der Waals surface area contributed by atoms with Crippen molar-refractivity contribution in [3.05, 3.63) is 104 Å². The van der Waals surface area contributed by atoms with Crippen LogP contribution in [0.5, 0.6) is 0 Å². The second-order valence-corrected chi connectivity index (χ2v) is 8.10. The second-order valence-electron chi connectivity index (χ2n) is 8.10. The van der Waals surface area contributed by atoms with Crippen molar-refractivity contribution in [1.29, 1.82) is 0 Å². The minimum atomic E-state index is 1.35. The van der Waals surface area contributed by atoms with Crippen molar-refractivity contribution in [3.8, 4) is 0 Å². The first-order chi connectivity index (χ1) is 13.9. The van der Waals surface area contributed by atoms with Crippen LogP contribution in [-0.2, 0) is 0 Å². The molecule has 2 aliphatic rings. The zero-order chi connectivity index (χ0) is 18.0. The van der Waals surface area contributed by atoms with E-state index in [1.165, 1.54) is 74.4 Å². The van der Waals surface area contributed by atoms with Gasteiger partial charge in [-0.2, -0.15) is 0 Å². The molecular formula is C28H14. The SMILES string of the molecule is C1=c2ccc3c4ccc5c6c(ccc(c7ccc(c2c37)=C1)c64)=c1ccccc1=5. The van der Waals surface area contributed by atoms with E-state index >= 15 is 0 Å². The van der Waals surface area contributed by atoms with E-state index in [4.69, 9.17) is 0 Å². The van der Waals surface area contributed by atoms with Crippen LogP contribution in [0.25, 0.3) is 55.2 Å². The van der Waals surface area contributed by atoms with E-state index in [2.05, 4.69) is 84.9 Å². The lowest BCUT2D eigenvalue weighted by atomic mass is 9.88. The van der Waals surface area contributed by atoms with Gasteiger partial charge in [-0.15, -0.1) is 0 Å². The Labute approximate surface area is 159 Å². The van der Waals surface area contributed by atoms with Crippen LogP contribution in [0.15, 0.2) is 72.8 Å². The quantitative estimate of drug-likeness (QED) is 0.260. The summed E-state index contributed by atoms with van der Waals surface area (Å²) < 4.78 is 0. The van der Waals surface area contributed by atoms with Gasteiger partial charge in [0.1, 0.15) is 0 Å². The highest BCUT2D eigenvalue weighted by Crippen LogP contribution is 2.40. The van der Waals surface area contributed by atoms with Gasteiger partial charge in [-0.1, -0.05) is 84.9 Å². The third-order valence-corrected chi connectivity index (χ3v) is 6.92. The van der Waals surface area contributed by atoms with E-state index in [9.17, 15) is 0 Å². The molecule has 0 spiro atoms. The maximum atomic E-state index is 2.35. The van der Waals surface area contributed by atoms with Crippen molar-refractivity contribution >= 4 is 55.2 Å². The fraction of sp³-hybridized carbons (Fsp3) is 0. The Morgan fingerprint density at radius 2 is 0.786 bits per heavy atom. The Morgan fingerprint density at radius 3 is 1.32 bits per heavy atom. The summed E-state index contributed by atoms with van der Waals surface area (Å²) in [5.41, 5.74) is 0. The highest BCUT2D eigenvalue weighted by atomic mass is 14.2. The third-order valence-electron chi connectivity index (χ3n) is 6.92. The molecule has 28 heavy (non-hydrogen) atoms. The molecule has 0 nitrogen and oxygen atoms in total. The summed E-state index contributed by atoms with van der Waals surface area (Å²) in [6.45, 7) is 0. The van der Waals surface area contributed by atoms with Gasteiger partial charge < -0.3 is 0 Å². The zero-order valence-corrected chi connectivity index (χ0v) is 15.1. The summed E-state index contributed by atoms with van der Waals surface area (Å²) in [6, 6.07) is 27.4. The van der Waals surface area contributed by atoms with Crippen LogP contribution in [0.4, 0.5) is 0 Å². The lowest BCUT2D eigenvalue weighted by Crippen LogP contribution is -2.08. The Hall–Kier alpha value is -3.64. The van der Waals surface area contributed by atoms with Crippen molar-refractivity contribution in [2.75, 3.05) is 0 Å². The Kier molecular flexibility index (Phi) is 2.06. The average molecular weight is 350 g/mol. The molecule has 0 radical (unpaired) electrons. The van der Waals surface area contributed by atoms with Crippen LogP contribution in [0, 0.1) is 20.9 Å². The lowest BCUT2D eigenvalue weighted by molar-refractivity contribution is 1.49.